The standard InChI is InChI=1S/C6H10O2.2C2H4O2/c7-4-5-2-1-3-6(5)8;2*1-2(3)4/h1,3,5-8H,2,4H2;2*1H3,(H,3,4)/t5-,6-;;/m1../s1. The number of hydrogen-bond acceptors (Lipinski definition) is 4. The number of aliphatic hydroxyl groups is 2. The molecule has 2 atom stereocenters. The van der Waals surface area contributed by atoms with E-state index in [1.807, 2.05) is 6.08 Å². The Morgan fingerprint density at radius 2 is 1.62 bits per heavy atom. The zero-order valence-electron chi connectivity index (χ0n) is 9.33. The molecule has 6 heteroatoms. The molecule has 0 saturated carbocycles. The fraction of sp³-hybridized carbons (Fsp3) is 0.600. The van der Waals surface area contributed by atoms with E-state index in [1.54, 1.807) is 6.08 Å². The molecule has 0 radical (unpaired) electrons. The van der Waals surface area contributed by atoms with Crippen molar-refractivity contribution in [3.63, 3.8) is 0 Å². The van der Waals surface area contributed by atoms with Gasteiger partial charge in [0.1, 0.15) is 0 Å². The maximum absolute atomic E-state index is 9.00. The summed E-state index contributed by atoms with van der Waals surface area (Å²) in [5.41, 5.74) is 0. The van der Waals surface area contributed by atoms with E-state index in [9.17, 15) is 0 Å². The summed E-state index contributed by atoms with van der Waals surface area (Å²) in [6.45, 7) is 2.26. The Balaban J connectivity index is 0. The molecule has 16 heavy (non-hydrogen) atoms. The number of carbonyl (C=O) groups is 2. The van der Waals surface area contributed by atoms with Crippen LogP contribution in [0.1, 0.15) is 20.3 Å². The maximum atomic E-state index is 9.00. The van der Waals surface area contributed by atoms with E-state index in [2.05, 4.69) is 0 Å². The van der Waals surface area contributed by atoms with Crippen LogP contribution in [0.4, 0.5) is 0 Å². The first-order valence-corrected chi connectivity index (χ1v) is 4.65. The maximum Gasteiger partial charge on any atom is 0.300 e. The molecule has 0 aromatic carbocycles. The van der Waals surface area contributed by atoms with Crippen LogP contribution in [0.5, 0.6) is 0 Å². The van der Waals surface area contributed by atoms with Crippen molar-refractivity contribution in [2.24, 2.45) is 5.92 Å². The Morgan fingerprint density at radius 1 is 1.25 bits per heavy atom. The van der Waals surface area contributed by atoms with Crippen molar-refractivity contribution < 1.29 is 30.0 Å². The fourth-order valence-corrected chi connectivity index (χ4v) is 0.872. The van der Waals surface area contributed by atoms with Gasteiger partial charge in [-0.2, -0.15) is 0 Å². The van der Waals surface area contributed by atoms with Crippen molar-refractivity contribution in [2.75, 3.05) is 6.61 Å². The molecule has 1 rings (SSSR count). The molecule has 6 nitrogen and oxygen atoms in total. The highest BCUT2D eigenvalue weighted by Crippen LogP contribution is 2.16. The molecule has 0 aromatic rings. The van der Waals surface area contributed by atoms with Crippen LogP contribution < -0.4 is 0 Å². The Kier molecular flexibility index (Phi) is 10.8. The van der Waals surface area contributed by atoms with Gasteiger partial charge in [-0.1, -0.05) is 12.2 Å². The molecule has 1 aliphatic rings. The lowest BCUT2D eigenvalue weighted by Gasteiger charge is -2.08. The van der Waals surface area contributed by atoms with E-state index in [1.165, 1.54) is 0 Å². The van der Waals surface area contributed by atoms with Gasteiger partial charge in [0.25, 0.3) is 11.9 Å². The molecular formula is C10H18O6. The Morgan fingerprint density at radius 3 is 1.75 bits per heavy atom. The third-order valence-corrected chi connectivity index (χ3v) is 1.49. The smallest absolute Gasteiger partial charge is 0.300 e. The summed E-state index contributed by atoms with van der Waals surface area (Å²) >= 11 is 0. The first-order valence-electron chi connectivity index (χ1n) is 4.65. The minimum atomic E-state index is -0.833. The van der Waals surface area contributed by atoms with E-state index in [-0.39, 0.29) is 12.5 Å². The summed E-state index contributed by atoms with van der Waals surface area (Å²) in [6.07, 6.45) is 4.03. The van der Waals surface area contributed by atoms with Crippen LogP contribution in [0, 0.1) is 5.92 Å². The molecule has 0 amide bonds. The lowest BCUT2D eigenvalue weighted by atomic mass is 10.1. The van der Waals surface area contributed by atoms with Crippen LogP contribution in [0.3, 0.4) is 0 Å². The molecule has 0 heterocycles. The third kappa shape index (κ3) is 15.1. The molecule has 1 aliphatic carbocycles. The summed E-state index contributed by atoms with van der Waals surface area (Å²) in [5.74, 6) is -1.60. The highest BCUT2D eigenvalue weighted by molar-refractivity contribution is 5.63. The van der Waals surface area contributed by atoms with Crippen LogP contribution in [-0.4, -0.2) is 45.1 Å². The second-order valence-electron chi connectivity index (χ2n) is 3.14. The van der Waals surface area contributed by atoms with Crippen molar-refractivity contribution in [3.05, 3.63) is 12.2 Å². The Hall–Kier alpha value is -1.40. The molecule has 0 aliphatic heterocycles. The van der Waals surface area contributed by atoms with Gasteiger partial charge in [0.15, 0.2) is 0 Å². The zero-order valence-corrected chi connectivity index (χ0v) is 9.33. The molecule has 0 aromatic heterocycles. The zero-order chi connectivity index (χ0) is 13.1. The van der Waals surface area contributed by atoms with Crippen molar-refractivity contribution in [3.8, 4) is 0 Å². The van der Waals surface area contributed by atoms with Gasteiger partial charge in [0.05, 0.1) is 6.10 Å². The van der Waals surface area contributed by atoms with E-state index < -0.39 is 18.0 Å². The van der Waals surface area contributed by atoms with Gasteiger partial charge in [-0.3, -0.25) is 9.59 Å². The summed E-state index contributed by atoms with van der Waals surface area (Å²) in [7, 11) is 0. The first kappa shape index (κ1) is 17.0. The van der Waals surface area contributed by atoms with Gasteiger partial charge in [0.2, 0.25) is 0 Å². The van der Waals surface area contributed by atoms with Gasteiger partial charge >= 0.3 is 0 Å². The SMILES string of the molecule is CC(=O)O.CC(=O)O.OC[C@H]1CC=C[C@H]1O. The Bertz CT molecular complexity index is 215. The van der Waals surface area contributed by atoms with Crippen LogP contribution in [-0.2, 0) is 9.59 Å². The van der Waals surface area contributed by atoms with Crippen molar-refractivity contribution >= 4 is 11.9 Å². The summed E-state index contributed by atoms with van der Waals surface area (Å²) < 4.78 is 0. The van der Waals surface area contributed by atoms with E-state index in [0.29, 0.717) is 0 Å². The minimum Gasteiger partial charge on any atom is -0.481 e. The van der Waals surface area contributed by atoms with Gasteiger partial charge < -0.3 is 20.4 Å². The second-order valence-corrected chi connectivity index (χ2v) is 3.14. The largest absolute Gasteiger partial charge is 0.481 e. The second kappa shape index (κ2) is 10.1. The number of aliphatic carboxylic acids is 2. The number of allylic oxidation sites excluding steroid dienone is 1. The predicted octanol–water partition coefficient (Wildman–Crippen LogP) is 0.0975. The molecule has 0 bridgehead atoms. The van der Waals surface area contributed by atoms with Gasteiger partial charge in [-0.15, -0.1) is 0 Å². The monoisotopic (exact) mass is 234 g/mol. The average Bonchev–Trinajstić information content (AvgIpc) is 2.48. The number of hydrogen-bond donors (Lipinski definition) is 4. The molecular weight excluding hydrogens is 216 g/mol. The lowest BCUT2D eigenvalue weighted by Crippen LogP contribution is -2.16. The van der Waals surface area contributed by atoms with Crippen molar-refractivity contribution in [1.82, 2.24) is 0 Å². The summed E-state index contributed by atoms with van der Waals surface area (Å²) in [5, 5.41) is 32.3. The van der Waals surface area contributed by atoms with E-state index in [0.717, 1.165) is 20.3 Å². The molecule has 0 fully saturated rings. The van der Waals surface area contributed by atoms with E-state index in [4.69, 9.17) is 30.0 Å². The van der Waals surface area contributed by atoms with Crippen LogP contribution in [0.2, 0.25) is 0 Å². The topological polar surface area (TPSA) is 115 Å². The first-order chi connectivity index (χ1) is 7.31. The summed E-state index contributed by atoms with van der Waals surface area (Å²) in [4.78, 5) is 18.0. The average molecular weight is 234 g/mol. The quantitative estimate of drug-likeness (QED) is 0.478. The Labute approximate surface area is 93.8 Å². The number of aliphatic hydroxyl groups excluding tert-OH is 2. The van der Waals surface area contributed by atoms with E-state index >= 15 is 0 Å². The fourth-order valence-electron chi connectivity index (χ4n) is 0.872. The molecule has 0 spiro atoms. The van der Waals surface area contributed by atoms with Crippen LogP contribution >= 0.6 is 0 Å². The molecule has 94 valence electrons. The number of carboxylic acids is 2. The van der Waals surface area contributed by atoms with Gasteiger partial charge in [0, 0.05) is 26.4 Å². The summed E-state index contributed by atoms with van der Waals surface area (Å²) in [6, 6.07) is 0. The highest BCUT2D eigenvalue weighted by Gasteiger charge is 2.18. The predicted molar refractivity (Wildman–Crippen MR) is 57.0 cm³/mol. The number of rotatable bonds is 1. The molecule has 4 N–H and O–H groups in total. The van der Waals surface area contributed by atoms with Gasteiger partial charge in [-0.25, -0.2) is 0 Å². The van der Waals surface area contributed by atoms with Crippen molar-refractivity contribution in [2.45, 2.75) is 26.4 Å². The minimum absolute atomic E-state index is 0.0648. The number of carboxylic acid groups (broad SMARTS) is 2. The van der Waals surface area contributed by atoms with Crippen LogP contribution in [0.25, 0.3) is 0 Å². The van der Waals surface area contributed by atoms with Crippen LogP contribution in [0.15, 0.2) is 12.2 Å². The van der Waals surface area contributed by atoms with Gasteiger partial charge in [-0.05, 0) is 6.42 Å². The molecule has 0 saturated heterocycles. The van der Waals surface area contributed by atoms with Crippen molar-refractivity contribution in [1.29, 1.82) is 0 Å². The molecule has 0 unspecified atom stereocenters. The normalized spacial score (nSPS) is 21.2. The highest BCUT2D eigenvalue weighted by atomic mass is 16.4. The lowest BCUT2D eigenvalue weighted by molar-refractivity contribution is -0.135. The third-order valence-electron chi connectivity index (χ3n) is 1.49.